The van der Waals surface area contributed by atoms with Gasteiger partial charge in [-0.15, -0.1) is 6.58 Å². The number of rotatable bonds is 5. The van der Waals surface area contributed by atoms with Gasteiger partial charge in [-0.05, 0) is 43.9 Å². The smallest absolute Gasteiger partial charge is 0.160 e. The second-order valence-electron chi connectivity index (χ2n) is 7.78. The monoisotopic (exact) mass is 306 g/mol. The Labute approximate surface area is 134 Å². The Balaban J connectivity index is 1.76. The predicted octanol–water partition coefficient (Wildman–Crippen LogP) is 4.12. The van der Waals surface area contributed by atoms with Gasteiger partial charge in [0.2, 0.25) is 0 Å². The number of ether oxygens (including phenoxy) is 2. The number of Topliss-reactive ketones (excluding diaryl/α,β-unsaturated/α-hetero) is 1. The van der Waals surface area contributed by atoms with Crippen molar-refractivity contribution >= 4 is 5.78 Å². The van der Waals surface area contributed by atoms with Crippen LogP contribution in [0, 0.1) is 23.2 Å². The summed E-state index contributed by atoms with van der Waals surface area (Å²) in [5, 5.41) is 0. The maximum absolute atomic E-state index is 12.1. The molecule has 0 bridgehead atoms. The number of unbranched alkanes of at least 4 members (excludes halogenated alkanes) is 1. The van der Waals surface area contributed by atoms with Crippen molar-refractivity contribution in [2.45, 2.75) is 71.2 Å². The summed E-state index contributed by atoms with van der Waals surface area (Å²) >= 11 is 0. The van der Waals surface area contributed by atoms with Crippen LogP contribution in [0.1, 0.15) is 58.8 Å². The van der Waals surface area contributed by atoms with Crippen molar-refractivity contribution < 1.29 is 14.3 Å². The molecule has 124 valence electrons. The van der Waals surface area contributed by atoms with E-state index >= 15 is 0 Å². The van der Waals surface area contributed by atoms with Crippen molar-refractivity contribution in [2.24, 2.45) is 23.2 Å². The second kappa shape index (κ2) is 6.45. The molecule has 0 amide bonds. The zero-order chi connectivity index (χ0) is 15.7. The first kappa shape index (κ1) is 16.2. The van der Waals surface area contributed by atoms with E-state index in [9.17, 15) is 4.79 Å². The number of fused-ring (bicyclic) bond motifs is 1. The molecule has 3 heteroatoms. The molecule has 0 aromatic carbocycles. The number of carbonyl (C=O) groups excluding carboxylic acids is 1. The van der Waals surface area contributed by atoms with E-state index in [0.717, 1.165) is 45.1 Å². The number of hydrogen-bond acceptors (Lipinski definition) is 3. The molecular weight excluding hydrogens is 276 g/mol. The molecule has 2 saturated heterocycles. The lowest BCUT2D eigenvalue weighted by Gasteiger charge is -2.49. The van der Waals surface area contributed by atoms with Crippen molar-refractivity contribution in [1.29, 1.82) is 0 Å². The van der Waals surface area contributed by atoms with Crippen LogP contribution in [0.5, 0.6) is 0 Å². The van der Waals surface area contributed by atoms with Gasteiger partial charge in [-0.2, -0.15) is 0 Å². The van der Waals surface area contributed by atoms with E-state index in [1.165, 1.54) is 0 Å². The Morgan fingerprint density at radius 2 is 2.23 bits per heavy atom. The van der Waals surface area contributed by atoms with Crippen molar-refractivity contribution in [1.82, 2.24) is 0 Å². The third-order valence-corrected chi connectivity index (χ3v) is 6.57. The summed E-state index contributed by atoms with van der Waals surface area (Å²) in [5.41, 5.74) is 0.1000. The van der Waals surface area contributed by atoms with Gasteiger partial charge < -0.3 is 9.47 Å². The van der Waals surface area contributed by atoms with E-state index in [4.69, 9.17) is 9.47 Å². The molecule has 0 aromatic rings. The first-order chi connectivity index (χ1) is 10.6. The normalized spacial score (nSPS) is 45.0. The van der Waals surface area contributed by atoms with E-state index in [2.05, 4.69) is 20.4 Å². The number of ketones is 1. The van der Waals surface area contributed by atoms with Crippen molar-refractivity contribution in [3.63, 3.8) is 0 Å². The molecule has 3 rings (SSSR count). The lowest BCUT2D eigenvalue weighted by Crippen LogP contribution is -2.49. The highest BCUT2D eigenvalue weighted by Gasteiger charge is 2.54. The first-order valence-electron chi connectivity index (χ1n) is 8.95. The molecule has 3 aliphatic rings. The van der Waals surface area contributed by atoms with Crippen LogP contribution in [0.3, 0.4) is 0 Å². The fourth-order valence-electron chi connectivity index (χ4n) is 4.92. The van der Waals surface area contributed by atoms with Gasteiger partial charge >= 0.3 is 0 Å². The molecule has 2 aliphatic heterocycles. The highest BCUT2D eigenvalue weighted by molar-refractivity contribution is 5.80. The molecule has 0 radical (unpaired) electrons. The topological polar surface area (TPSA) is 35.5 Å². The predicted molar refractivity (Wildman–Crippen MR) is 86.4 cm³/mol. The molecule has 22 heavy (non-hydrogen) atoms. The molecule has 0 N–H and O–H groups in total. The standard InChI is InChI=1S/C19H30O3/c1-4-5-6-7-15-12-16(20)10-13(2)19(15,3)17-11-14-8-9-21-18(14)22-17/h4,13-15,17-18H,1,5-12H2,2-3H3/t13-,14-,15-,17+,18-,19+/m1/s1. The minimum Gasteiger partial charge on any atom is -0.352 e. The molecule has 0 unspecified atom stereocenters. The molecule has 0 spiro atoms. The number of carbonyl (C=O) groups is 1. The zero-order valence-corrected chi connectivity index (χ0v) is 14.1. The summed E-state index contributed by atoms with van der Waals surface area (Å²) < 4.78 is 12.0. The Hall–Kier alpha value is -0.670. The molecule has 2 heterocycles. The van der Waals surface area contributed by atoms with E-state index in [1.54, 1.807) is 0 Å². The zero-order valence-electron chi connectivity index (χ0n) is 14.1. The minimum atomic E-state index is 0.0143. The Bertz CT molecular complexity index is 420. The van der Waals surface area contributed by atoms with Gasteiger partial charge in [0.15, 0.2) is 6.29 Å². The van der Waals surface area contributed by atoms with Crippen molar-refractivity contribution in [2.75, 3.05) is 6.61 Å². The van der Waals surface area contributed by atoms with E-state index in [1.807, 2.05) is 6.08 Å². The molecule has 1 saturated carbocycles. The van der Waals surface area contributed by atoms with Crippen LogP contribution in [-0.2, 0) is 14.3 Å². The minimum absolute atomic E-state index is 0.0143. The van der Waals surface area contributed by atoms with Crippen LogP contribution < -0.4 is 0 Å². The average molecular weight is 306 g/mol. The average Bonchev–Trinajstić information content (AvgIpc) is 3.05. The van der Waals surface area contributed by atoms with Crippen LogP contribution in [-0.4, -0.2) is 24.8 Å². The van der Waals surface area contributed by atoms with Crippen LogP contribution in [0.4, 0.5) is 0 Å². The van der Waals surface area contributed by atoms with Crippen LogP contribution >= 0.6 is 0 Å². The van der Waals surface area contributed by atoms with Gasteiger partial charge in [-0.1, -0.05) is 19.9 Å². The van der Waals surface area contributed by atoms with E-state index < -0.39 is 0 Å². The summed E-state index contributed by atoms with van der Waals surface area (Å²) in [6.45, 7) is 9.28. The third kappa shape index (κ3) is 2.78. The van der Waals surface area contributed by atoms with Gasteiger partial charge in [0.25, 0.3) is 0 Å². The molecule has 3 nitrogen and oxygen atoms in total. The molecule has 0 aromatic heterocycles. The van der Waals surface area contributed by atoms with Crippen molar-refractivity contribution in [3.05, 3.63) is 12.7 Å². The van der Waals surface area contributed by atoms with Crippen LogP contribution in [0.15, 0.2) is 12.7 Å². The van der Waals surface area contributed by atoms with Gasteiger partial charge in [0.1, 0.15) is 5.78 Å². The quantitative estimate of drug-likeness (QED) is 0.566. The highest BCUT2D eigenvalue weighted by Crippen LogP contribution is 2.54. The largest absolute Gasteiger partial charge is 0.352 e. The van der Waals surface area contributed by atoms with Crippen LogP contribution in [0.2, 0.25) is 0 Å². The summed E-state index contributed by atoms with van der Waals surface area (Å²) in [4.78, 5) is 12.1. The van der Waals surface area contributed by atoms with Crippen molar-refractivity contribution in [3.8, 4) is 0 Å². The number of allylic oxidation sites excluding steroid dienone is 1. The molecular formula is C19H30O3. The second-order valence-corrected chi connectivity index (χ2v) is 7.78. The lowest BCUT2D eigenvalue weighted by atomic mass is 9.57. The number of hydrogen-bond donors (Lipinski definition) is 0. The molecule has 6 atom stereocenters. The highest BCUT2D eigenvalue weighted by atomic mass is 16.7. The van der Waals surface area contributed by atoms with E-state index in [-0.39, 0.29) is 17.8 Å². The molecule has 1 aliphatic carbocycles. The van der Waals surface area contributed by atoms with Gasteiger partial charge in [-0.3, -0.25) is 4.79 Å². The Kier molecular flexibility index (Phi) is 4.75. The summed E-state index contributed by atoms with van der Waals surface area (Å²) in [6, 6.07) is 0. The van der Waals surface area contributed by atoms with Gasteiger partial charge in [0.05, 0.1) is 12.7 Å². The fraction of sp³-hybridized carbons (Fsp3) is 0.842. The van der Waals surface area contributed by atoms with E-state index in [0.29, 0.717) is 30.0 Å². The first-order valence-corrected chi connectivity index (χ1v) is 8.95. The lowest BCUT2D eigenvalue weighted by molar-refractivity contribution is -0.173. The molecule has 3 fully saturated rings. The SMILES string of the molecule is C=CCCC[C@@H]1CC(=O)C[C@@H](C)[C@]1(C)[C@@H]1C[C@H]2CCO[C@@H]2O1. The summed E-state index contributed by atoms with van der Waals surface area (Å²) in [5.74, 6) is 1.84. The maximum atomic E-state index is 12.1. The van der Waals surface area contributed by atoms with Gasteiger partial charge in [0, 0.05) is 24.2 Å². The van der Waals surface area contributed by atoms with Gasteiger partial charge in [-0.25, -0.2) is 0 Å². The maximum Gasteiger partial charge on any atom is 0.160 e. The summed E-state index contributed by atoms with van der Waals surface area (Å²) in [7, 11) is 0. The summed E-state index contributed by atoms with van der Waals surface area (Å²) in [6.07, 6.45) is 9.20. The van der Waals surface area contributed by atoms with Crippen LogP contribution in [0.25, 0.3) is 0 Å². The fourth-order valence-corrected chi connectivity index (χ4v) is 4.92. The third-order valence-electron chi connectivity index (χ3n) is 6.57. The Morgan fingerprint density at radius 1 is 1.41 bits per heavy atom. The Morgan fingerprint density at radius 3 is 2.95 bits per heavy atom.